The van der Waals surface area contributed by atoms with Crippen molar-refractivity contribution in [3.05, 3.63) is 28.8 Å². The molecule has 2 heteroatoms. The third-order valence-electron chi connectivity index (χ3n) is 3.70. The van der Waals surface area contributed by atoms with E-state index in [-0.39, 0.29) is 6.04 Å². The number of hydrogen-bond acceptors (Lipinski definition) is 2. The molecule has 0 spiro atoms. The first-order valence-corrected chi connectivity index (χ1v) is 6.78. The van der Waals surface area contributed by atoms with Crippen LogP contribution >= 0.6 is 11.8 Å². The highest BCUT2D eigenvalue weighted by Crippen LogP contribution is 2.41. The summed E-state index contributed by atoms with van der Waals surface area (Å²) < 4.78 is 0. The number of fused-ring (bicyclic) bond motifs is 2. The van der Waals surface area contributed by atoms with E-state index in [0.29, 0.717) is 5.92 Å². The Hall–Kier alpha value is -0.470. The van der Waals surface area contributed by atoms with E-state index in [0.717, 1.165) is 0 Å². The van der Waals surface area contributed by atoms with Gasteiger partial charge in [-0.3, -0.25) is 0 Å². The normalized spacial score (nSPS) is 28.7. The molecule has 15 heavy (non-hydrogen) atoms. The largest absolute Gasteiger partial charge is 0.324 e. The molecule has 0 bridgehead atoms. The molecule has 0 saturated carbocycles. The first-order valence-electron chi connectivity index (χ1n) is 5.80. The highest BCUT2D eigenvalue weighted by Gasteiger charge is 2.26. The summed E-state index contributed by atoms with van der Waals surface area (Å²) in [5, 5.41) is 0. The predicted molar refractivity (Wildman–Crippen MR) is 65.3 cm³/mol. The molecule has 1 aliphatic heterocycles. The minimum Gasteiger partial charge on any atom is -0.324 e. The summed E-state index contributed by atoms with van der Waals surface area (Å²) in [5.41, 5.74) is 10.8. The fourth-order valence-corrected chi connectivity index (χ4v) is 3.87. The van der Waals surface area contributed by atoms with Crippen LogP contribution in [-0.4, -0.2) is 5.75 Å². The second-order valence-corrected chi connectivity index (χ2v) is 5.89. The smallest absolute Gasteiger partial charge is 0.0340 e. The number of aryl methyl sites for hydroxylation is 2. The van der Waals surface area contributed by atoms with Crippen molar-refractivity contribution in [3.8, 4) is 0 Å². The van der Waals surface area contributed by atoms with Gasteiger partial charge in [-0.2, -0.15) is 0 Å². The monoisotopic (exact) mass is 219 g/mol. The Balaban J connectivity index is 2.10. The van der Waals surface area contributed by atoms with Crippen LogP contribution in [0.5, 0.6) is 0 Å². The zero-order valence-corrected chi connectivity index (χ0v) is 9.94. The van der Waals surface area contributed by atoms with Crippen molar-refractivity contribution in [2.45, 2.75) is 37.1 Å². The van der Waals surface area contributed by atoms with Crippen molar-refractivity contribution < 1.29 is 0 Å². The van der Waals surface area contributed by atoms with E-state index in [1.54, 1.807) is 11.1 Å². The molecule has 80 valence electrons. The van der Waals surface area contributed by atoms with Gasteiger partial charge in [0, 0.05) is 16.7 Å². The van der Waals surface area contributed by atoms with Gasteiger partial charge < -0.3 is 5.73 Å². The zero-order valence-electron chi connectivity index (χ0n) is 9.12. The Bertz CT molecular complexity index is 400. The molecule has 0 radical (unpaired) electrons. The lowest BCUT2D eigenvalue weighted by Gasteiger charge is -2.28. The van der Waals surface area contributed by atoms with Gasteiger partial charge in [-0.1, -0.05) is 13.0 Å². The van der Waals surface area contributed by atoms with Crippen LogP contribution in [0.25, 0.3) is 0 Å². The molecule has 1 nitrogen and oxygen atoms in total. The molecule has 2 atom stereocenters. The van der Waals surface area contributed by atoms with E-state index >= 15 is 0 Å². The first kappa shape index (κ1) is 9.73. The quantitative estimate of drug-likeness (QED) is 0.726. The van der Waals surface area contributed by atoms with Gasteiger partial charge in [0.25, 0.3) is 0 Å². The van der Waals surface area contributed by atoms with Gasteiger partial charge in [-0.15, -0.1) is 11.8 Å². The lowest BCUT2D eigenvalue weighted by molar-refractivity contribution is 0.507. The molecule has 2 aliphatic rings. The molecule has 2 unspecified atom stereocenters. The van der Waals surface area contributed by atoms with Gasteiger partial charge in [0.15, 0.2) is 0 Å². The molecule has 1 heterocycles. The van der Waals surface area contributed by atoms with E-state index in [1.807, 2.05) is 11.8 Å². The molecule has 1 aromatic rings. The number of nitrogens with two attached hydrogens (primary N) is 1. The van der Waals surface area contributed by atoms with Crippen LogP contribution in [0.15, 0.2) is 17.0 Å². The molecule has 0 fully saturated rings. The highest BCUT2D eigenvalue weighted by atomic mass is 32.2. The molecule has 1 aliphatic carbocycles. The minimum absolute atomic E-state index is 0.257. The van der Waals surface area contributed by atoms with Crippen LogP contribution in [0.1, 0.15) is 36.1 Å². The fourth-order valence-electron chi connectivity index (χ4n) is 2.64. The van der Waals surface area contributed by atoms with Crippen molar-refractivity contribution in [3.63, 3.8) is 0 Å². The molecule has 1 aromatic carbocycles. The highest BCUT2D eigenvalue weighted by molar-refractivity contribution is 7.99. The summed E-state index contributed by atoms with van der Waals surface area (Å²) in [6.07, 6.45) is 3.86. The third kappa shape index (κ3) is 1.51. The van der Waals surface area contributed by atoms with Gasteiger partial charge in [0.2, 0.25) is 0 Å². The third-order valence-corrected chi connectivity index (χ3v) is 5.06. The number of hydrogen-bond donors (Lipinski definition) is 1. The SMILES string of the molecule is CC1CSc2cc3c(cc2C1N)CCC3. The van der Waals surface area contributed by atoms with E-state index in [4.69, 9.17) is 5.73 Å². The van der Waals surface area contributed by atoms with Crippen LogP contribution in [-0.2, 0) is 12.8 Å². The van der Waals surface area contributed by atoms with Crippen molar-refractivity contribution in [2.24, 2.45) is 11.7 Å². The molecule has 0 saturated heterocycles. The summed E-state index contributed by atoms with van der Waals surface area (Å²) in [7, 11) is 0. The van der Waals surface area contributed by atoms with Gasteiger partial charge in [0.1, 0.15) is 0 Å². The van der Waals surface area contributed by atoms with Gasteiger partial charge >= 0.3 is 0 Å². The number of thioether (sulfide) groups is 1. The number of rotatable bonds is 0. The van der Waals surface area contributed by atoms with Gasteiger partial charge in [-0.25, -0.2) is 0 Å². The van der Waals surface area contributed by atoms with E-state index in [9.17, 15) is 0 Å². The van der Waals surface area contributed by atoms with Crippen LogP contribution in [0.3, 0.4) is 0 Å². The topological polar surface area (TPSA) is 26.0 Å². The Morgan fingerprint density at radius 1 is 1.27 bits per heavy atom. The lowest BCUT2D eigenvalue weighted by Crippen LogP contribution is -2.25. The zero-order chi connectivity index (χ0) is 10.4. The molecule has 2 N–H and O–H groups in total. The maximum Gasteiger partial charge on any atom is 0.0340 e. The first-order chi connectivity index (χ1) is 7.25. The van der Waals surface area contributed by atoms with Crippen LogP contribution in [0.4, 0.5) is 0 Å². The summed E-state index contributed by atoms with van der Waals surface area (Å²) in [5.74, 6) is 1.79. The van der Waals surface area contributed by atoms with E-state index in [2.05, 4.69) is 19.1 Å². The maximum absolute atomic E-state index is 6.27. The van der Waals surface area contributed by atoms with Crippen LogP contribution in [0.2, 0.25) is 0 Å². The second kappa shape index (κ2) is 3.53. The Labute approximate surface area is 95.4 Å². The summed E-state index contributed by atoms with van der Waals surface area (Å²) in [6.45, 7) is 2.26. The fraction of sp³-hybridized carbons (Fsp3) is 0.538. The van der Waals surface area contributed by atoms with Crippen molar-refractivity contribution in [1.29, 1.82) is 0 Å². The van der Waals surface area contributed by atoms with Gasteiger partial charge in [-0.05, 0) is 47.9 Å². The summed E-state index contributed by atoms with van der Waals surface area (Å²) in [4.78, 5) is 1.45. The summed E-state index contributed by atoms with van der Waals surface area (Å²) >= 11 is 1.99. The maximum atomic E-state index is 6.27. The van der Waals surface area contributed by atoms with E-state index in [1.165, 1.54) is 35.5 Å². The number of benzene rings is 1. The molecule has 0 aromatic heterocycles. The summed E-state index contributed by atoms with van der Waals surface area (Å²) in [6, 6.07) is 5.03. The average molecular weight is 219 g/mol. The standard InChI is InChI=1S/C13H17NS/c1-8-7-15-12-6-10-4-2-3-9(10)5-11(12)13(8)14/h5-6,8,13H,2-4,7,14H2,1H3. The molecule has 0 amide bonds. The van der Waals surface area contributed by atoms with Crippen molar-refractivity contribution in [1.82, 2.24) is 0 Å². The van der Waals surface area contributed by atoms with Crippen LogP contribution < -0.4 is 5.73 Å². The minimum atomic E-state index is 0.257. The lowest BCUT2D eigenvalue weighted by atomic mass is 9.93. The molecular weight excluding hydrogens is 202 g/mol. The van der Waals surface area contributed by atoms with Crippen molar-refractivity contribution in [2.75, 3.05) is 5.75 Å². The Morgan fingerprint density at radius 2 is 2.00 bits per heavy atom. The predicted octanol–water partition coefficient (Wildman–Crippen LogP) is 2.92. The van der Waals surface area contributed by atoms with Gasteiger partial charge in [0.05, 0.1) is 0 Å². The molecular formula is C13H17NS. The average Bonchev–Trinajstić information content (AvgIpc) is 2.68. The second-order valence-electron chi connectivity index (χ2n) is 4.83. The van der Waals surface area contributed by atoms with Crippen molar-refractivity contribution >= 4 is 11.8 Å². The van der Waals surface area contributed by atoms with E-state index < -0.39 is 0 Å². The molecule has 3 rings (SSSR count). The Morgan fingerprint density at radius 3 is 2.80 bits per heavy atom. The Kier molecular flexibility index (Phi) is 2.29. The van der Waals surface area contributed by atoms with Crippen LogP contribution in [0, 0.1) is 5.92 Å².